The fraction of sp³-hybridized carbons (Fsp3) is 0. The van der Waals surface area contributed by atoms with Crippen LogP contribution in [0.25, 0.3) is 0 Å². The van der Waals surface area contributed by atoms with Crippen molar-refractivity contribution < 1.29 is 18.8 Å². The van der Waals surface area contributed by atoms with Gasteiger partial charge in [-0.2, -0.15) is 0 Å². The van der Waals surface area contributed by atoms with Crippen LogP contribution in [0.5, 0.6) is 5.75 Å². The van der Waals surface area contributed by atoms with Crippen LogP contribution >= 0.6 is 11.8 Å². The van der Waals surface area contributed by atoms with Crippen LogP contribution in [0.1, 0.15) is 0 Å². The van der Waals surface area contributed by atoms with Crippen LogP contribution in [-0.2, 0) is 0 Å². The maximum absolute atomic E-state index is 13.6. The summed E-state index contributed by atoms with van der Waals surface area (Å²) in [7, 11) is 0. The average molecular weight is 283 g/mol. The lowest BCUT2D eigenvalue weighted by Crippen LogP contribution is -1.94. The van der Waals surface area contributed by atoms with Crippen LogP contribution in [0.2, 0.25) is 0 Å². The molecule has 0 aliphatic heterocycles. The van der Waals surface area contributed by atoms with Gasteiger partial charge in [-0.15, -0.1) is 0 Å². The summed E-state index contributed by atoms with van der Waals surface area (Å²) < 4.78 is 27.3. The number of halogens is 2. The van der Waals surface area contributed by atoms with Crippen molar-refractivity contribution in [2.45, 2.75) is 9.79 Å². The van der Waals surface area contributed by atoms with E-state index >= 15 is 0 Å². The van der Waals surface area contributed by atoms with Crippen LogP contribution in [0.3, 0.4) is 0 Å². The molecule has 1 N–H and O–H groups in total. The number of hydrogen-bond acceptors (Lipinski definition) is 4. The Bertz CT molecular complexity index is 626. The average Bonchev–Trinajstić information content (AvgIpc) is 2.33. The Morgan fingerprint density at radius 3 is 2.32 bits per heavy atom. The Morgan fingerprint density at radius 2 is 1.79 bits per heavy atom. The molecule has 0 fully saturated rings. The van der Waals surface area contributed by atoms with E-state index in [1.807, 2.05) is 0 Å². The van der Waals surface area contributed by atoms with Crippen molar-refractivity contribution in [2.75, 3.05) is 0 Å². The lowest BCUT2D eigenvalue weighted by Gasteiger charge is -2.05. The fourth-order valence-corrected chi connectivity index (χ4v) is 2.29. The molecule has 0 heterocycles. The zero-order valence-electron chi connectivity index (χ0n) is 9.34. The maximum Gasteiger partial charge on any atom is 0.275 e. The summed E-state index contributed by atoms with van der Waals surface area (Å²) >= 11 is 0.743. The molecule has 0 aliphatic carbocycles. The first-order valence-electron chi connectivity index (χ1n) is 5.07. The molecule has 19 heavy (non-hydrogen) atoms. The minimum atomic E-state index is -1.01. The molecule has 0 aliphatic rings. The topological polar surface area (TPSA) is 63.4 Å². The summed E-state index contributed by atoms with van der Waals surface area (Å²) in [5.74, 6) is -2.06. The molecule has 4 nitrogen and oxygen atoms in total. The van der Waals surface area contributed by atoms with Crippen molar-refractivity contribution in [1.82, 2.24) is 0 Å². The zero-order valence-corrected chi connectivity index (χ0v) is 10.2. The SMILES string of the molecule is O=[N+]([O-])c1cc(F)c(Sc2cccc(O)c2)c(F)c1. The Balaban J connectivity index is 2.38. The van der Waals surface area contributed by atoms with E-state index in [9.17, 15) is 24.0 Å². The van der Waals surface area contributed by atoms with Crippen LogP contribution in [0.4, 0.5) is 14.5 Å². The monoisotopic (exact) mass is 283 g/mol. The van der Waals surface area contributed by atoms with Gasteiger partial charge in [-0.25, -0.2) is 8.78 Å². The van der Waals surface area contributed by atoms with Crippen LogP contribution < -0.4 is 0 Å². The Hall–Kier alpha value is -2.15. The summed E-state index contributed by atoms with van der Waals surface area (Å²) in [6.45, 7) is 0. The molecule has 0 saturated carbocycles. The van der Waals surface area contributed by atoms with Gasteiger partial charge in [-0.1, -0.05) is 17.8 Å². The van der Waals surface area contributed by atoms with E-state index in [2.05, 4.69) is 0 Å². The van der Waals surface area contributed by atoms with E-state index in [1.54, 1.807) is 6.07 Å². The molecule has 0 radical (unpaired) electrons. The molecule has 7 heteroatoms. The summed E-state index contributed by atoms with van der Waals surface area (Å²) in [5, 5.41) is 19.7. The number of phenols is 1. The van der Waals surface area contributed by atoms with Crippen LogP contribution in [-0.4, -0.2) is 10.0 Å². The molecule has 0 spiro atoms. The molecule has 0 amide bonds. The highest BCUT2D eigenvalue weighted by Gasteiger charge is 2.18. The Morgan fingerprint density at radius 1 is 1.16 bits per heavy atom. The number of nitro groups is 1. The molecule has 0 unspecified atom stereocenters. The third kappa shape index (κ3) is 3.00. The van der Waals surface area contributed by atoms with E-state index in [0.29, 0.717) is 17.0 Å². The number of nitro benzene ring substituents is 1. The minimum Gasteiger partial charge on any atom is -0.508 e. The van der Waals surface area contributed by atoms with Gasteiger partial charge < -0.3 is 5.11 Å². The first-order chi connectivity index (χ1) is 8.97. The lowest BCUT2D eigenvalue weighted by molar-refractivity contribution is -0.385. The number of rotatable bonds is 3. The summed E-state index contributed by atoms with van der Waals surface area (Å²) in [6.07, 6.45) is 0. The van der Waals surface area contributed by atoms with E-state index in [-0.39, 0.29) is 10.6 Å². The maximum atomic E-state index is 13.6. The van der Waals surface area contributed by atoms with Gasteiger partial charge in [0.2, 0.25) is 0 Å². The predicted octanol–water partition coefficient (Wildman–Crippen LogP) is 3.73. The van der Waals surface area contributed by atoms with E-state index in [0.717, 1.165) is 11.8 Å². The van der Waals surface area contributed by atoms with Gasteiger partial charge >= 0.3 is 0 Å². The van der Waals surface area contributed by atoms with Gasteiger partial charge in [0, 0.05) is 4.90 Å². The zero-order chi connectivity index (χ0) is 14.0. The second-order valence-electron chi connectivity index (χ2n) is 3.60. The van der Waals surface area contributed by atoms with Crippen molar-refractivity contribution in [2.24, 2.45) is 0 Å². The highest BCUT2D eigenvalue weighted by atomic mass is 32.2. The standard InChI is InChI=1S/C12H7F2NO3S/c13-10-4-7(15(17)18)5-11(14)12(10)19-9-3-1-2-8(16)6-9/h1-6,16H. The molecular weight excluding hydrogens is 276 g/mol. The van der Waals surface area contributed by atoms with Gasteiger partial charge in [-0.05, 0) is 18.2 Å². The van der Waals surface area contributed by atoms with Crippen molar-refractivity contribution >= 4 is 17.4 Å². The number of aromatic hydroxyl groups is 1. The van der Waals surface area contributed by atoms with Crippen molar-refractivity contribution in [1.29, 1.82) is 0 Å². The second-order valence-corrected chi connectivity index (χ2v) is 4.68. The number of hydrogen-bond donors (Lipinski definition) is 1. The Kier molecular flexibility index (Phi) is 3.66. The summed E-state index contributed by atoms with van der Waals surface area (Å²) in [6, 6.07) is 7.17. The quantitative estimate of drug-likeness (QED) is 0.688. The van der Waals surface area contributed by atoms with Gasteiger partial charge in [0.05, 0.1) is 22.0 Å². The van der Waals surface area contributed by atoms with Gasteiger partial charge in [0.15, 0.2) is 0 Å². The first-order valence-corrected chi connectivity index (χ1v) is 5.89. The van der Waals surface area contributed by atoms with Gasteiger partial charge in [0.25, 0.3) is 5.69 Å². The van der Waals surface area contributed by atoms with Crippen molar-refractivity contribution in [3.8, 4) is 5.75 Å². The van der Waals surface area contributed by atoms with Gasteiger partial charge in [-0.3, -0.25) is 10.1 Å². The highest BCUT2D eigenvalue weighted by molar-refractivity contribution is 7.99. The lowest BCUT2D eigenvalue weighted by atomic mass is 10.3. The number of benzene rings is 2. The predicted molar refractivity (Wildman–Crippen MR) is 65.2 cm³/mol. The molecule has 2 rings (SSSR count). The molecule has 2 aromatic carbocycles. The minimum absolute atomic E-state index is 0.0345. The van der Waals surface area contributed by atoms with Crippen LogP contribution in [0.15, 0.2) is 46.2 Å². The smallest absolute Gasteiger partial charge is 0.275 e. The van der Waals surface area contributed by atoms with Gasteiger partial charge in [0.1, 0.15) is 17.4 Å². The number of nitrogens with zero attached hydrogens (tertiary/aromatic N) is 1. The molecule has 0 saturated heterocycles. The summed E-state index contributed by atoms with van der Waals surface area (Å²) in [5.41, 5.74) is -0.643. The molecule has 0 bridgehead atoms. The Labute approximate surface area is 110 Å². The largest absolute Gasteiger partial charge is 0.508 e. The van der Waals surface area contributed by atoms with E-state index in [1.165, 1.54) is 18.2 Å². The fourth-order valence-electron chi connectivity index (χ4n) is 1.41. The molecule has 98 valence electrons. The third-order valence-electron chi connectivity index (χ3n) is 2.23. The van der Waals surface area contributed by atoms with Crippen molar-refractivity contribution in [3.05, 3.63) is 58.1 Å². The third-order valence-corrected chi connectivity index (χ3v) is 3.32. The van der Waals surface area contributed by atoms with E-state index in [4.69, 9.17) is 0 Å². The molecule has 0 atom stereocenters. The normalized spacial score (nSPS) is 10.4. The molecule has 0 aromatic heterocycles. The highest BCUT2D eigenvalue weighted by Crippen LogP contribution is 2.35. The van der Waals surface area contributed by atoms with Crippen LogP contribution in [0, 0.1) is 21.7 Å². The summed E-state index contributed by atoms with van der Waals surface area (Å²) in [4.78, 5) is 9.66. The number of phenolic OH excluding ortho intramolecular Hbond substituents is 1. The molecule has 2 aromatic rings. The first kappa shape index (κ1) is 13.3. The molecular formula is C12H7F2NO3S. The van der Waals surface area contributed by atoms with Crippen molar-refractivity contribution in [3.63, 3.8) is 0 Å². The van der Waals surface area contributed by atoms with E-state index < -0.39 is 22.2 Å². The number of non-ortho nitro benzene ring substituents is 1. The second kappa shape index (κ2) is 5.23.